The van der Waals surface area contributed by atoms with Gasteiger partial charge in [0.15, 0.2) is 0 Å². The van der Waals surface area contributed by atoms with Gasteiger partial charge in [-0.05, 0) is 41.9 Å². The van der Waals surface area contributed by atoms with E-state index in [1.807, 2.05) is 0 Å². The molecule has 0 amide bonds. The Hall–Kier alpha value is -1.06. The summed E-state index contributed by atoms with van der Waals surface area (Å²) in [5, 5.41) is 18.4. The molecule has 0 unspecified atom stereocenters. The molecule has 0 spiro atoms. The van der Waals surface area contributed by atoms with Crippen molar-refractivity contribution >= 4 is 0 Å². The third-order valence-corrected chi connectivity index (χ3v) is 3.73. The molecule has 3 heteroatoms. The topological polar surface area (TPSA) is 49.7 Å². The zero-order valence-electron chi connectivity index (χ0n) is 13.9. The Morgan fingerprint density at radius 1 is 1.14 bits per heavy atom. The molecule has 1 aromatic carbocycles. The van der Waals surface area contributed by atoms with Crippen LogP contribution in [0.2, 0.25) is 0 Å². The van der Waals surface area contributed by atoms with Gasteiger partial charge in [0.1, 0.15) is 5.75 Å². The normalized spacial score (nSPS) is 12.0. The molecule has 0 atom stereocenters. The molecule has 0 aliphatic heterocycles. The maximum atomic E-state index is 9.21. The largest absolute Gasteiger partial charge is 0.493 e. The van der Waals surface area contributed by atoms with Gasteiger partial charge in [-0.1, -0.05) is 39.8 Å². The fourth-order valence-corrected chi connectivity index (χ4v) is 2.19. The maximum absolute atomic E-state index is 9.21. The van der Waals surface area contributed by atoms with Crippen molar-refractivity contribution in [1.29, 1.82) is 0 Å². The zero-order valence-corrected chi connectivity index (χ0v) is 13.9. The van der Waals surface area contributed by atoms with E-state index in [9.17, 15) is 10.2 Å². The van der Waals surface area contributed by atoms with Gasteiger partial charge < -0.3 is 14.9 Å². The van der Waals surface area contributed by atoms with Crippen LogP contribution in [0.4, 0.5) is 0 Å². The average Bonchev–Trinajstić information content (AvgIpc) is 2.45. The fourth-order valence-electron chi connectivity index (χ4n) is 2.19. The summed E-state index contributed by atoms with van der Waals surface area (Å²) in [6.45, 7) is 9.46. The molecular weight excluding hydrogens is 264 g/mol. The molecule has 0 fully saturated rings. The van der Waals surface area contributed by atoms with E-state index in [0.717, 1.165) is 25.0 Å². The standard InChI is InChI=1S/C18H30O3/c1-5-10-21-17-9-8-16(18(2,3)4)11-15(17)7-6-14(12-19)13-20/h8-9,11,14,19-20H,5-7,10,12-13H2,1-4H3. The van der Waals surface area contributed by atoms with Crippen LogP contribution in [0.15, 0.2) is 18.2 Å². The van der Waals surface area contributed by atoms with Gasteiger partial charge in [-0.2, -0.15) is 0 Å². The lowest BCUT2D eigenvalue weighted by atomic mass is 9.85. The van der Waals surface area contributed by atoms with Gasteiger partial charge in [0.05, 0.1) is 6.61 Å². The molecule has 120 valence electrons. The lowest BCUT2D eigenvalue weighted by Gasteiger charge is -2.22. The highest BCUT2D eigenvalue weighted by atomic mass is 16.5. The van der Waals surface area contributed by atoms with Crippen LogP contribution in [0.1, 0.15) is 51.7 Å². The number of aliphatic hydroxyl groups excluding tert-OH is 2. The molecule has 0 saturated heterocycles. The predicted molar refractivity (Wildman–Crippen MR) is 86.9 cm³/mol. The molecule has 0 aliphatic rings. The van der Waals surface area contributed by atoms with Crippen molar-refractivity contribution in [3.05, 3.63) is 29.3 Å². The quantitative estimate of drug-likeness (QED) is 0.773. The minimum absolute atomic E-state index is 0.0284. The number of rotatable bonds is 8. The molecule has 1 aromatic rings. The fraction of sp³-hybridized carbons (Fsp3) is 0.667. The minimum Gasteiger partial charge on any atom is -0.493 e. The maximum Gasteiger partial charge on any atom is 0.122 e. The second kappa shape index (κ2) is 8.40. The van der Waals surface area contributed by atoms with Gasteiger partial charge in [0.2, 0.25) is 0 Å². The molecule has 0 aliphatic carbocycles. The second-order valence-electron chi connectivity index (χ2n) is 6.69. The van der Waals surface area contributed by atoms with Gasteiger partial charge >= 0.3 is 0 Å². The van der Waals surface area contributed by atoms with Crippen molar-refractivity contribution in [2.24, 2.45) is 5.92 Å². The summed E-state index contributed by atoms with van der Waals surface area (Å²) >= 11 is 0. The van der Waals surface area contributed by atoms with Crippen LogP contribution in [-0.4, -0.2) is 30.0 Å². The third kappa shape index (κ3) is 5.68. The van der Waals surface area contributed by atoms with Gasteiger partial charge in [-0.15, -0.1) is 0 Å². The lowest BCUT2D eigenvalue weighted by molar-refractivity contribution is 0.144. The van der Waals surface area contributed by atoms with E-state index in [1.54, 1.807) is 0 Å². The van der Waals surface area contributed by atoms with Crippen LogP contribution in [-0.2, 0) is 11.8 Å². The highest BCUT2D eigenvalue weighted by Crippen LogP contribution is 2.29. The Labute approximate surface area is 129 Å². The first-order valence-corrected chi connectivity index (χ1v) is 7.90. The zero-order chi connectivity index (χ0) is 15.9. The summed E-state index contributed by atoms with van der Waals surface area (Å²) in [6.07, 6.45) is 2.56. The number of ether oxygens (including phenoxy) is 1. The van der Waals surface area contributed by atoms with Crippen LogP contribution >= 0.6 is 0 Å². The van der Waals surface area contributed by atoms with E-state index < -0.39 is 0 Å². The Morgan fingerprint density at radius 3 is 2.33 bits per heavy atom. The number of hydrogen-bond acceptors (Lipinski definition) is 3. The van der Waals surface area contributed by atoms with Crippen LogP contribution in [0, 0.1) is 5.92 Å². The molecule has 2 N–H and O–H groups in total. The Morgan fingerprint density at radius 2 is 1.81 bits per heavy atom. The van der Waals surface area contributed by atoms with E-state index in [0.29, 0.717) is 6.61 Å². The summed E-state index contributed by atoms with van der Waals surface area (Å²) in [6, 6.07) is 6.39. The molecule has 3 nitrogen and oxygen atoms in total. The van der Waals surface area contributed by atoms with E-state index in [1.165, 1.54) is 11.1 Å². The molecule has 0 aromatic heterocycles. The third-order valence-electron chi connectivity index (χ3n) is 3.73. The number of aliphatic hydroxyl groups is 2. The molecule has 1 rings (SSSR count). The highest BCUT2D eigenvalue weighted by molar-refractivity contribution is 5.40. The summed E-state index contributed by atoms with van der Waals surface area (Å²) in [5.74, 6) is 0.877. The van der Waals surface area contributed by atoms with Gasteiger partial charge in [-0.3, -0.25) is 0 Å². The van der Waals surface area contributed by atoms with E-state index in [2.05, 4.69) is 45.9 Å². The van der Waals surface area contributed by atoms with Crippen molar-refractivity contribution in [2.45, 2.75) is 52.4 Å². The summed E-state index contributed by atoms with van der Waals surface area (Å²) < 4.78 is 5.83. The van der Waals surface area contributed by atoms with Crippen molar-refractivity contribution in [3.8, 4) is 5.75 Å². The van der Waals surface area contributed by atoms with Crippen LogP contribution < -0.4 is 4.74 Å². The first kappa shape index (κ1) is 18.0. The Balaban J connectivity index is 2.93. The van der Waals surface area contributed by atoms with Crippen molar-refractivity contribution in [1.82, 2.24) is 0 Å². The molecule has 21 heavy (non-hydrogen) atoms. The average molecular weight is 294 g/mol. The first-order valence-electron chi connectivity index (χ1n) is 7.90. The van der Waals surface area contributed by atoms with Crippen molar-refractivity contribution < 1.29 is 14.9 Å². The van der Waals surface area contributed by atoms with E-state index >= 15 is 0 Å². The van der Waals surface area contributed by atoms with Gasteiger partial charge in [-0.25, -0.2) is 0 Å². The monoisotopic (exact) mass is 294 g/mol. The summed E-state index contributed by atoms with van der Waals surface area (Å²) in [4.78, 5) is 0. The summed E-state index contributed by atoms with van der Waals surface area (Å²) in [7, 11) is 0. The molecule has 0 heterocycles. The number of benzene rings is 1. The van der Waals surface area contributed by atoms with Crippen molar-refractivity contribution in [3.63, 3.8) is 0 Å². The van der Waals surface area contributed by atoms with E-state index in [4.69, 9.17) is 4.74 Å². The van der Waals surface area contributed by atoms with Gasteiger partial charge in [0, 0.05) is 19.1 Å². The highest BCUT2D eigenvalue weighted by Gasteiger charge is 2.17. The molecule has 0 radical (unpaired) electrons. The predicted octanol–water partition coefficient (Wildman–Crippen LogP) is 3.31. The Kier molecular flexibility index (Phi) is 7.20. The van der Waals surface area contributed by atoms with Crippen LogP contribution in [0.25, 0.3) is 0 Å². The lowest BCUT2D eigenvalue weighted by Crippen LogP contribution is -2.14. The van der Waals surface area contributed by atoms with Gasteiger partial charge in [0.25, 0.3) is 0 Å². The van der Waals surface area contributed by atoms with E-state index in [-0.39, 0.29) is 24.5 Å². The molecule has 0 bridgehead atoms. The van der Waals surface area contributed by atoms with Crippen LogP contribution in [0.5, 0.6) is 5.75 Å². The molecule has 0 saturated carbocycles. The number of aryl methyl sites for hydroxylation is 1. The second-order valence-corrected chi connectivity index (χ2v) is 6.69. The van der Waals surface area contributed by atoms with Crippen LogP contribution in [0.3, 0.4) is 0 Å². The first-order chi connectivity index (χ1) is 9.92. The number of hydrogen-bond donors (Lipinski definition) is 2. The smallest absolute Gasteiger partial charge is 0.122 e. The molecular formula is C18H30O3. The van der Waals surface area contributed by atoms with Crippen molar-refractivity contribution in [2.75, 3.05) is 19.8 Å². The minimum atomic E-state index is -0.0534. The SMILES string of the molecule is CCCOc1ccc(C(C)(C)C)cc1CCC(CO)CO. The Bertz CT molecular complexity index is 417. The summed E-state index contributed by atoms with van der Waals surface area (Å²) in [5.41, 5.74) is 2.56.